The van der Waals surface area contributed by atoms with E-state index in [2.05, 4.69) is 91.0 Å². The van der Waals surface area contributed by atoms with Gasteiger partial charge in [-0.1, -0.05) is 48.0 Å². The Morgan fingerprint density at radius 1 is 0.667 bits per heavy atom. The summed E-state index contributed by atoms with van der Waals surface area (Å²) in [6.07, 6.45) is 3.92. The molecule has 0 unspecified atom stereocenters. The van der Waals surface area contributed by atoms with Gasteiger partial charge < -0.3 is 4.42 Å². The first-order chi connectivity index (χ1) is 16.1. The summed E-state index contributed by atoms with van der Waals surface area (Å²) in [5.41, 5.74) is 10.2. The first-order valence-electron chi connectivity index (χ1n) is 11.2. The van der Waals surface area contributed by atoms with Gasteiger partial charge in [-0.3, -0.25) is 4.57 Å². The summed E-state index contributed by atoms with van der Waals surface area (Å²) in [4.78, 5) is 4.64. The Hall–Kier alpha value is -4.11. The molecule has 6 rings (SSSR count). The van der Waals surface area contributed by atoms with Gasteiger partial charge in [-0.2, -0.15) is 0 Å². The van der Waals surface area contributed by atoms with E-state index in [4.69, 9.17) is 4.42 Å². The van der Waals surface area contributed by atoms with Gasteiger partial charge >= 0.3 is 0 Å². The molecule has 2 aromatic heterocycles. The van der Waals surface area contributed by atoms with Crippen molar-refractivity contribution in [2.45, 2.75) is 20.8 Å². The third-order valence-corrected chi connectivity index (χ3v) is 6.36. The van der Waals surface area contributed by atoms with E-state index in [0.717, 1.165) is 27.9 Å². The molecule has 33 heavy (non-hydrogen) atoms. The van der Waals surface area contributed by atoms with Crippen molar-refractivity contribution < 1.29 is 4.42 Å². The van der Waals surface area contributed by atoms with Crippen molar-refractivity contribution in [2.24, 2.45) is 0 Å². The van der Waals surface area contributed by atoms with Crippen LogP contribution in [0.1, 0.15) is 16.7 Å². The van der Waals surface area contributed by atoms with Crippen LogP contribution in [0.15, 0.2) is 95.7 Å². The summed E-state index contributed by atoms with van der Waals surface area (Å²) in [5, 5.41) is 2.33. The summed E-state index contributed by atoms with van der Waals surface area (Å²) >= 11 is 0. The highest BCUT2D eigenvalue weighted by molar-refractivity contribution is 6.06. The van der Waals surface area contributed by atoms with Crippen LogP contribution in [0.3, 0.4) is 0 Å². The number of aromatic nitrogens is 2. The van der Waals surface area contributed by atoms with Gasteiger partial charge in [-0.05, 0) is 79.4 Å². The van der Waals surface area contributed by atoms with Crippen molar-refractivity contribution in [3.8, 4) is 28.2 Å². The molecule has 0 fully saturated rings. The molecule has 0 atom stereocenters. The van der Waals surface area contributed by atoms with E-state index in [9.17, 15) is 0 Å². The van der Waals surface area contributed by atoms with Gasteiger partial charge in [-0.15, -0.1) is 0 Å². The van der Waals surface area contributed by atoms with Crippen molar-refractivity contribution >= 4 is 21.9 Å². The predicted molar refractivity (Wildman–Crippen MR) is 136 cm³/mol. The maximum atomic E-state index is 6.06. The van der Waals surface area contributed by atoms with Crippen LogP contribution in [0.2, 0.25) is 0 Å². The van der Waals surface area contributed by atoms with Gasteiger partial charge in [0.1, 0.15) is 17.0 Å². The van der Waals surface area contributed by atoms with Crippen molar-refractivity contribution in [3.63, 3.8) is 0 Å². The number of hydrogen-bond donors (Lipinski definition) is 0. The van der Waals surface area contributed by atoms with Crippen LogP contribution in [-0.4, -0.2) is 9.55 Å². The fraction of sp³-hybridized carbons (Fsp3) is 0.100. The summed E-state index contributed by atoms with van der Waals surface area (Å²) < 4.78 is 8.25. The van der Waals surface area contributed by atoms with Crippen LogP contribution in [-0.2, 0) is 0 Å². The van der Waals surface area contributed by atoms with E-state index in [1.165, 1.54) is 38.9 Å². The number of imidazole rings is 1. The monoisotopic (exact) mass is 428 g/mol. The van der Waals surface area contributed by atoms with Crippen molar-refractivity contribution in [3.05, 3.63) is 108 Å². The summed E-state index contributed by atoms with van der Waals surface area (Å²) in [7, 11) is 0. The second-order valence-electron chi connectivity index (χ2n) is 8.76. The molecular weight excluding hydrogens is 404 g/mol. The molecule has 3 nitrogen and oxygen atoms in total. The molecule has 0 bridgehead atoms. The van der Waals surface area contributed by atoms with E-state index in [1.807, 2.05) is 30.6 Å². The highest BCUT2D eigenvalue weighted by Crippen LogP contribution is 2.35. The molecule has 0 spiro atoms. The van der Waals surface area contributed by atoms with Crippen LogP contribution in [0.5, 0.6) is 0 Å². The van der Waals surface area contributed by atoms with Gasteiger partial charge in [-0.25, -0.2) is 4.98 Å². The van der Waals surface area contributed by atoms with Crippen LogP contribution < -0.4 is 0 Å². The number of furan rings is 1. The third-order valence-electron chi connectivity index (χ3n) is 6.36. The fourth-order valence-electron chi connectivity index (χ4n) is 4.86. The molecule has 3 heteroatoms. The molecule has 160 valence electrons. The lowest BCUT2D eigenvalue weighted by molar-refractivity contribution is 0.669. The molecule has 0 N–H and O–H groups in total. The Kier molecular flexibility index (Phi) is 4.44. The molecule has 0 aliphatic rings. The van der Waals surface area contributed by atoms with Gasteiger partial charge in [0.05, 0.1) is 5.69 Å². The molecule has 4 aromatic carbocycles. The molecule has 0 radical (unpaired) electrons. The maximum absolute atomic E-state index is 6.06. The lowest BCUT2D eigenvalue weighted by atomic mass is 9.97. The number of nitrogens with zero attached hydrogens (tertiary/aromatic N) is 2. The van der Waals surface area contributed by atoms with Crippen LogP contribution in [0.25, 0.3) is 50.1 Å². The molecule has 2 heterocycles. The zero-order chi connectivity index (χ0) is 22.5. The normalized spacial score (nSPS) is 11.5. The van der Waals surface area contributed by atoms with Gasteiger partial charge in [0, 0.05) is 28.7 Å². The number of rotatable bonds is 3. The first-order valence-corrected chi connectivity index (χ1v) is 11.2. The number of fused-ring (bicyclic) bond motifs is 3. The van der Waals surface area contributed by atoms with Gasteiger partial charge in [0.15, 0.2) is 0 Å². The van der Waals surface area contributed by atoms with Crippen molar-refractivity contribution in [2.75, 3.05) is 0 Å². The minimum atomic E-state index is 0.926. The van der Waals surface area contributed by atoms with Crippen LogP contribution in [0, 0.1) is 20.8 Å². The maximum Gasteiger partial charge on any atom is 0.144 e. The second kappa shape index (κ2) is 7.49. The largest absolute Gasteiger partial charge is 0.456 e. The van der Waals surface area contributed by atoms with Gasteiger partial charge in [0.25, 0.3) is 0 Å². The molecule has 0 aliphatic carbocycles. The molecule has 0 saturated heterocycles. The van der Waals surface area contributed by atoms with E-state index < -0.39 is 0 Å². The number of hydrogen-bond acceptors (Lipinski definition) is 2. The average molecular weight is 429 g/mol. The smallest absolute Gasteiger partial charge is 0.144 e. The Labute approximate surface area is 192 Å². The molecule has 0 amide bonds. The third kappa shape index (κ3) is 3.25. The Bertz CT molecular complexity index is 1610. The fourth-order valence-corrected chi connectivity index (χ4v) is 4.86. The summed E-state index contributed by atoms with van der Waals surface area (Å²) in [6.45, 7) is 6.47. The predicted octanol–water partition coefficient (Wildman–Crippen LogP) is 8.03. The van der Waals surface area contributed by atoms with Gasteiger partial charge in [0.2, 0.25) is 0 Å². The standard InChI is InChI=1S/C30H24N2O/c1-19-9-11-27-25(15-19)26-18-23(10-12-28(26)33-27)24-16-20(2)29(21(3)17-24)32-14-13-31-30(32)22-7-5-4-6-8-22/h4-18H,1-3H3. The molecule has 0 aliphatic heterocycles. The van der Waals surface area contributed by atoms with Crippen molar-refractivity contribution in [1.29, 1.82) is 0 Å². The van der Waals surface area contributed by atoms with Crippen molar-refractivity contribution in [1.82, 2.24) is 9.55 Å². The van der Waals surface area contributed by atoms with Crippen LogP contribution >= 0.6 is 0 Å². The van der Waals surface area contributed by atoms with E-state index >= 15 is 0 Å². The SMILES string of the molecule is Cc1ccc2oc3ccc(-c4cc(C)c(-n5ccnc5-c5ccccc5)c(C)c4)cc3c2c1. The summed E-state index contributed by atoms with van der Waals surface area (Å²) in [5.74, 6) is 0.955. The highest BCUT2D eigenvalue weighted by atomic mass is 16.3. The molecule has 6 aromatic rings. The Morgan fingerprint density at radius 2 is 1.36 bits per heavy atom. The average Bonchev–Trinajstić information content (AvgIpc) is 3.43. The number of benzene rings is 4. The zero-order valence-corrected chi connectivity index (χ0v) is 19.0. The lowest BCUT2D eigenvalue weighted by Crippen LogP contribution is -2.02. The molecular formula is C30H24N2O. The second-order valence-corrected chi connectivity index (χ2v) is 8.76. The highest BCUT2D eigenvalue weighted by Gasteiger charge is 2.14. The van der Waals surface area contributed by atoms with E-state index in [0.29, 0.717) is 0 Å². The minimum Gasteiger partial charge on any atom is -0.456 e. The molecule has 0 saturated carbocycles. The summed E-state index contributed by atoms with van der Waals surface area (Å²) in [6, 6.07) is 27.7. The first kappa shape index (κ1) is 19.6. The Morgan fingerprint density at radius 3 is 2.12 bits per heavy atom. The minimum absolute atomic E-state index is 0.926. The van der Waals surface area contributed by atoms with E-state index in [1.54, 1.807) is 0 Å². The number of aryl methyl sites for hydroxylation is 3. The lowest BCUT2D eigenvalue weighted by Gasteiger charge is -2.16. The van der Waals surface area contributed by atoms with E-state index in [-0.39, 0.29) is 0 Å². The van der Waals surface area contributed by atoms with Crippen LogP contribution in [0.4, 0.5) is 0 Å². The topological polar surface area (TPSA) is 31.0 Å². The Balaban J connectivity index is 1.48. The quantitative estimate of drug-likeness (QED) is 0.286. The zero-order valence-electron chi connectivity index (χ0n) is 19.0.